The zero-order valence-corrected chi connectivity index (χ0v) is 33.5. The minimum absolute atomic E-state index is 0.805. The van der Waals surface area contributed by atoms with Gasteiger partial charge in [0.15, 0.2) is 0 Å². The minimum atomic E-state index is 0.805. The van der Waals surface area contributed by atoms with Gasteiger partial charge in [0.2, 0.25) is 0 Å². The Morgan fingerprint density at radius 2 is 0.577 bits per heavy atom. The van der Waals surface area contributed by atoms with Crippen LogP contribution in [0.15, 0.2) is 206 Å². The van der Waals surface area contributed by atoms with Crippen LogP contribution in [0.2, 0.25) is 0 Å². The topological polar surface area (TPSA) is 49.4 Å². The maximum atomic E-state index is 5.36. The van der Waals surface area contributed by atoms with Gasteiger partial charge in [-0.05, 0) is 84.0 Å². The van der Waals surface area contributed by atoms with Crippen LogP contribution in [0.3, 0.4) is 0 Å². The zero-order valence-electron chi connectivity index (χ0n) is 27.2. The van der Waals surface area contributed by atoms with Crippen LogP contribution in [0.5, 0.6) is 0 Å². The quantitative estimate of drug-likeness (QED) is 0.196. The van der Waals surface area contributed by atoms with Crippen molar-refractivity contribution < 1.29 is 0 Å². The van der Waals surface area contributed by atoms with Crippen molar-refractivity contribution in [3.63, 3.8) is 0 Å². The van der Waals surface area contributed by atoms with E-state index in [4.69, 9.17) is 20.0 Å². The molecule has 0 atom stereocenters. The summed E-state index contributed by atoms with van der Waals surface area (Å²) in [6.07, 6.45) is 16.7. The summed E-state index contributed by atoms with van der Waals surface area (Å²) in [5.74, 6) is 0. The number of benzene rings is 4. The second-order valence-electron chi connectivity index (χ2n) is 12.3. The van der Waals surface area contributed by atoms with Crippen molar-refractivity contribution in [3.05, 3.63) is 209 Å². The molecule has 0 saturated carbocycles. The van der Waals surface area contributed by atoms with E-state index in [1.807, 2.05) is 72.8 Å². The third-order valence-corrected chi connectivity index (χ3v) is 11.8. The standard InChI is InChI=1S/C44H24Br4N4/c45-27-13-7-14-28(46)41(27)43-35-21-17-31(49-35)39(25-9-3-1-4-10-25)32-18-22-36(50-32)44(42-29(47)15-8-16-30(42)48)38-24-20-34(52-38)40(26-11-5-2-6-12-26)33-19-23-37(43)51-33/h1-24H. The monoisotopic (exact) mass is 924 g/mol. The molecular formula is C44H24Br4N4. The van der Waals surface area contributed by atoms with Crippen molar-refractivity contribution in [3.8, 4) is 0 Å². The van der Waals surface area contributed by atoms with E-state index in [1.165, 1.54) is 0 Å². The summed E-state index contributed by atoms with van der Waals surface area (Å²) in [6.45, 7) is 0. The number of hydrogen-bond acceptors (Lipinski definition) is 4. The molecule has 5 aliphatic rings. The molecule has 0 unspecified atom stereocenters. The Bertz CT molecular complexity index is 2400. The van der Waals surface area contributed by atoms with Crippen LogP contribution in [-0.2, 0) is 0 Å². The second kappa shape index (κ2) is 13.7. The summed E-state index contributed by atoms with van der Waals surface area (Å²) in [6, 6.07) is 32.9. The van der Waals surface area contributed by atoms with Crippen molar-refractivity contribution in [2.45, 2.75) is 0 Å². The molecule has 8 heteroatoms. The van der Waals surface area contributed by atoms with Crippen molar-refractivity contribution in [1.82, 2.24) is 0 Å². The van der Waals surface area contributed by atoms with E-state index in [2.05, 4.69) is 137 Å². The summed E-state index contributed by atoms with van der Waals surface area (Å²) < 4.78 is 3.74. The van der Waals surface area contributed by atoms with Gasteiger partial charge < -0.3 is 0 Å². The lowest BCUT2D eigenvalue weighted by Gasteiger charge is -2.15. The largest absolute Gasteiger partial charge is 0.248 e. The molecule has 52 heavy (non-hydrogen) atoms. The Labute approximate surface area is 334 Å². The maximum absolute atomic E-state index is 5.36. The summed E-state index contributed by atoms with van der Waals surface area (Å²) >= 11 is 15.4. The zero-order chi connectivity index (χ0) is 35.3. The van der Waals surface area contributed by atoms with Gasteiger partial charge in [-0.2, -0.15) is 0 Å². The molecule has 0 aliphatic carbocycles. The third-order valence-electron chi connectivity index (χ3n) is 9.16. The SMILES string of the molecule is Brc1cccc(Br)c1C1=C2C=CC(=N2)C(c2ccccc2)=C2C=CC(=N2)C(c2c(Br)cccc2Br)=C2C=CC(=N2)C(c2ccccc2)=C2C=CC1=N2. The molecule has 4 nitrogen and oxygen atoms in total. The van der Waals surface area contributed by atoms with Crippen LogP contribution in [-0.4, -0.2) is 22.8 Å². The predicted octanol–water partition coefficient (Wildman–Crippen LogP) is 12.7. The normalized spacial score (nSPS) is 17.5. The van der Waals surface area contributed by atoms with E-state index in [0.717, 1.165) is 108 Å². The Morgan fingerprint density at radius 1 is 0.288 bits per heavy atom. The van der Waals surface area contributed by atoms with E-state index < -0.39 is 0 Å². The average Bonchev–Trinajstić information content (AvgIpc) is 3.99. The van der Waals surface area contributed by atoms with E-state index in [-0.39, 0.29) is 0 Å². The highest BCUT2D eigenvalue weighted by Gasteiger charge is 2.29. The summed E-state index contributed by atoms with van der Waals surface area (Å²) in [5.41, 5.74) is 14.2. The number of fused-ring (bicyclic) bond motifs is 4. The molecule has 248 valence electrons. The Balaban J connectivity index is 1.40. The second-order valence-corrected chi connectivity index (χ2v) is 15.7. The number of halogens is 4. The van der Waals surface area contributed by atoms with Crippen LogP contribution in [0.25, 0.3) is 22.3 Å². The lowest BCUT2D eigenvalue weighted by Crippen LogP contribution is -2.04. The number of rotatable bonds is 4. The van der Waals surface area contributed by atoms with Gasteiger partial charge in [0.05, 0.1) is 45.6 Å². The van der Waals surface area contributed by atoms with Gasteiger partial charge in [-0.1, -0.05) is 137 Å². The molecule has 0 spiro atoms. The van der Waals surface area contributed by atoms with Crippen molar-refractivity contribution in [2.24, 2.45) is 20.0 Å². The van der Waals surface area contributed by atoms with E-state index in [0.29, 0.717) is 0 Å². The molecule has 0 saturated heterocycles. The summed E-state index contributed by atoms with van der Waals surface area (Å²) in [5, 5.41) is 0. The molecule has 9 rings (SSSR count). The molecule has 0 radical (unpaired) electrons. The fraction of sp³-hybridized carbons (Fsp3) is 0. The first-order valence-corrected chi connectivity index (χ1v) is 19.7. The van der Waals surface area contributed by atoms with E-state index in [9.17, 15) is 0 Å². The van der Waals surface area contributed by atoms with Gasteiger partial charge in [-0.3, -0.25) is 0 Å². The first-order chi connectivity index (χ1) is 25.4. The summed E-state index contributed by atoms with van der Waals surface area (Å²) in [7, 11) is 0. The van der Waals surface area contributed by atoms with Crippen molar-refractivity contribution >= 4 is 109 Å². The molecule has 4 aromatic carbocycles. The molecule has 0 amide bonds. The molecule has 0 aromatic heterocycles. The number of nitrogens with zero attached hydrogens (tertiary/aromatic N) is 4. The van der Waals surface area contributed by atoms with Crippen LogP contribution in [0.4, 0.5) is 0 Å². The van der Waals surface area contributed by atoms with Gasteiger partial charge in [0.25, 0.3) is 0 Å². The maximum Gasteiger partial charge on any atom is 0.0738 e. The predicted molar refractivity (Wildman–Crippen MR) is 231 cm³/mol. The van der Waals surface area contributed by atoms with Gasteiger partial charge in [0, 0.05) is 51.3 Å². The lowest BCUT2D eigenvalue weighted by atomic mass is 9.98. The van der Waals surface area contributed by atoms with Gasteiger partial charge in [0.1, 0.15) is 0 Å². The van der Waals surface area contributed by atoms with Gasteiger partial charge in [-0.15, -0.1) is 0 Å². The van der Waals surface area contributed by atoms with E-state index in [1.54, 1.807) is 0 Å². The van der Waals surface area contributed by atoms with Crippen LogP contribution in [0.1, 0.15) is 22.3 Å². The number of hydrogen-bond donors (Lipinski definition) is 0. The molecule has 8 bridgehead atoms. The fourth-order valence-corrected chi connectivity index (χ4v) is 9.66. The molecule has 5 aliphatic heterocycles. The van der Waals surface area contributed by atoms with Crippen molar-refractivity contribution in [1.29, 1.82) is 0 Å². The Morgan fingerprint density at radius 3 is 0.904 bits per heavy atom. The first-order valence-electron chi connectivity index (χ1n) is 16.5. The van der Waals surface area contributed by atoms with Gasteiger partial charge in [-0.25, -0.2) is 20.0 Å². The first kappa shape index (κ1) is 33.3. The highest BCUT2D eigenvalue weighted by atomic mass is 79.9. The highest BCUT2D eigenvalue weighted by Crippen LogP contribution is 2.43. The van der Waals surface area contributed by atoms with E-state index >= 15 is 0 Å². The smallest absolute Gasteiger partial charge is 0.0738 e. The van der Waals surface area contributed by atoms with Gasteiger partial charge >= 0.3 is 0 Å². The molecule has 0 N–H and O–H groups in total. The Kier molecular flexibility index (Phi) is 8.79. The van der Waals surface area contributed by atoms with Crippen molar-refractivity contribution in [2.75, 3.05) is 0 Å². The average molecular weight is 928 g/mol. The highest BCUT2D eigenvalue weighted by molar-refractivity contribution is 9.11. The molecule has 0 fully saturated rings. The molecule has 5 heterocycles. The number of aliphatic imine (C=N–C) groups is 4. The summed E-state index contributed by atoms with van der Waals surface area (Å²) in [4.78, 5) is 21.4. The van der Waals surface area contributed by atoms with Crippen LogP contribution in [0, 0.1) is 0 Å². The number of allylic oxidation sites excluding steroid dienone is 12. The Hall–Kier alpha value is -4.60. The van der Waals surface area contributed by atoms with Crippen LogP contribution >= 0.6 is 63.7 Å². The van der Waals surface area contributed by atoms with Crippen LogP contribution < -0.4 is 0 Å². The molecule has 4 aromatic rings. The minimum Gasteiger partial charge on any atom is -0.248 e. The third kappa shape index (κ3) is 5.88. The lowest BCUT2D eigenvalue weighted by molar-refractivity contribution is 1.40. The fourth-order valence-electron chi connectivity index (χ4n) is 6.87. The molecular weight excluding hydrogens is 904 g/mol.